The number of unbranched alkanes of at least 4 members (excludes halogenated alkanes) is 10. The topological polar surface area (TPSA) is 80.3 Å². The van der Waals surface area contributed by atoms with E-state index in [9.17, 15) is 19.8 Å². The fourth-order valence-electron chi connectivity index (χ4n) is 4.07. The molecule has 0 amide bonds. The minimum atomic E-state index is -1.06. The van der Waals surface area contributed by atoms with Crippen LogP contribution in [0, 0.1) is 0 Å². The second kappa shape index (κ2) is 21.3. The predicted octanol–water partition coefficient (Wildman–Crippen LogP) is 5.90. The van der Waals surface area contributed by atoms with E-state index >= 15 is 0 Å². The Morgan fingerprint density at radius 3 is 1.20 bits per heavy atom. The van der Waals surface area contributed by atoms with Gasteiger partial charge in [0, 0.05) is 11.1 Å². The van der Waals surface area contributed by atoms with E-state index in [1.165, 1.54) is 64.2 Å². The van der Waals surface area contributed by atoms with Gasteiger partial charge in [-0.1, -0.05) is 127 Å². The van der Waals surface area contributed by atoms with Gasteiger partial charge in [-0.3, -0.25) is 0 Å². The van der Waals surface area contributed by atoms with Crippen LogP contribution < -0.4 is 10.2 Å². The van der Waals surface area contributed by atoms with Crippen molar-refractivity contribution < 1.29 is 39.3 Å². The molecule has 2 aromatic carbocycles. The molecule has 0 fully saturated rings. The molecule has 35 heavy (non-hydrogen) atoms. The van der Waals surface area contributed by atoms with Crippen LogP contribution in [0.25, 0.3) is 0 Å². The van der Waals surface area contributed by atoms with Crippen molar-refractivity contribution in [3.63, 3.8) is 0 Å². The van der Waals surface area contributed by atoms with Crippen LogP contribution in [0.3, 0.4) is 0 Å². The van der Waals surface area contributed by atoms with Crippen molar-refractivity contribution >= 4 is 11.9 Å². The normalized spacial score (nSPS) is 10.1. The Bertz CT molecular complexity index is 765. The molecule has 0 saturated carbocycles. The quantitative estimate of drug-likeness (QED) is 0.199. The van der Waals surface area contributed by atoms with Gasteiger partial charge >= 0.3 is 19.5 Å². The first-order chi connectivity index (χ1) is 16.5. The van der Waals surface area contributed by atoms with Crippen LogP contribution in [0.1, 0.15) is 123 Å². The summed E-state index contributed by atoms with van der Waals surface area (Å²) in [6.07, 6.45) is 16.4. The van der Waals surface area contributed by atoms with E-state index < -0.39 is 11.9 Å². The first-order valence-electron chi connectivity index (χ1n) is 13.1. The van der Waals surface area contributed by atoms with Gasteiger partial charge in [0.1, 0.15) is 0 Å². The van der Waals surface area contributed by atoms with Crippen LogP contribution in [0.5, 0.6) is 0 Å². The smallest absolute Gasteiger partial charge is 0.545 e. The van der Waals surface area contributed by atoms with Crippen molar-refractivity contribution in [2.45, 2.75) is 104 Å². The molecule has 0 aliphatic rings. The molecule has 0 atom stereocenters. The Kier molecular flexibility index (Phi) is 20.1. The summed E-state index contributed by atoms with van der Waals surface area (Å²) in [5.74, 6) is -2.13. The maximum absolute atomic E-state index is 10.9. The first-order valence-corrected chi connectivity index (χ1v) is 13.1. The molecule has 0 N–H and O–H groups in total. The van der Waals surface area contributed by atoms with E-state index in [1.807, 2.05) is 24.3 Å². The average Bonchev–Trinajstić information content (AvgIpc) is 2.84. The van der Waals surface area contributed by atoms with Crippen molar-refractivity contribution in [1.82, 2.24) is 0 Å². The SMILES string of the molecule is CCCCCCCCc1ccccc1C(=O)[O-].CCCCCCCCc1ccccc1C(=O)[O-].[Zn+2]. The van der Waals surface area contributed by atoms with Gasteiger partial charge in [0.05, 0.1) is 11.9 Å². The van der Waals surface area contributed by atoms with Crippen LogP contribution in [0.15, 0.2) is 48.5 Å². The Hall–Kier alpha value is -2.00. The largest absolute Gasteiger partial charge is 2.00 e. The van der Waals surface area contributed by atoms with E-state index in [-0.39, 0.29) is 19.5 Å². The number of carbonyl (C=O) groups excluding carboxylic acids is 2. The average molecular weight is 532 g/mol. The van der Waals surface area contributed by atoms with Crippen molar-refractivity contribution in [3.05, 3.63) is 70.8 Å². The molecule has 0 heterocycles. The number of hydrogen-bond acceptors (Lipinski definition) is 4. The van der Waals surface area contributed by atoms with Gasteiger partial charge in [0.25, 0.3) is 0 Å². The molecule has 5 heteroatoms. The van der Waals surface area contributed by atoms with Crippen molar-refractivity contribution in [1.29, 1.82) is 0 Å². The first kappa shape index (κ1) is 33.0. The summed E-state index contributed by atoms with van der Waals surface area (Å²) in [7, 11) is 0. The summed E-state index contributed by atoms with van der Waals surface area (Å²) < 4.78 is 0. The van der Waals surface area contributed by atoms with Crippen molar-refractivity contribution in [2.75, 3.05) is 0 Å². The summed E-state index contributed by atoms with van der Waals surface area (Å²) in [5, 5.41) is 21.8. The molecule has 188 valence electrons. The third kappa shape index (κ3) is 14.9. The van der Waals surface area contributed by atoms with Crippen molar-refractivity contribution in [2.24, 2.45) is 0 Å². The van der Waals surface area contributed by atoms with Gasteiger partial charge in [0.2, 0.25) is 0 Å². The molecule has 0 unspecified atom stereocenters. The Morgan fingerprint density at radius 2 is 0.857 bits per heavy atom. The number of benzene rings is 2. The molecule has 0 radical (unpaired) electrons. The molecule has 0 saturated heterocycles. The maximum atomic E-state index is 10.9. The van der Waals surface area contributed by atoms with Gasteiger partial charge in [-0.2, -0.15) is 0 Å². The van der Waals surface area contributed by atoms with Crippen LogP contribution in [0.2, 0.25) is 0 Å². The zero-order chi connectivity index (χ0) is 25.0. The van der Waals surface area contributed by atoms with Crippen LogP contribution in [0.4, 0.5) is 0 Å². The molecule has 0 bridgehead atoms. The zero-order valence-electron chi connectivity index (χ0n) is 21.9. The Morgan fingerprint density at radius 1 is 0.543 bits per heavy atom. The van der Waals surface area contributed by atoms with E-state index in [1.54, 1.807) is 24.3 Å². The second-order valence-electron chi connectivity index (χ2n) is 8.92. The summed E-state index contributed by atoms with van der Waals surface area (Å²) in [6, 6.07) is 14.3. The Labute approximate surface area is 225 Å². The third-order valence-corrected chi connectivity index (χ3v) is 6.07. The van der Waals surface area contributed by atoms with Crippen LogP contribution in [-0.4, -0.2) is 11.9 Å². The molecule has 2 rings (SSSR count). The van der Waals surface area contributed by atoms with Crippen molar-refractivity contribution in [3.8, 4) is 0 Å². The molecule has 0 spiro atoms. The predicted molar refractivity (Wildman–Crippen MR) is 136 cm³/mol. The van der Waals surface area contributed by atoms with Crippen LogP contribution in [-0.2, 0) is 32.3 Å². The van der Waals surface area contributed by atoms with Gasteiger partial charge < -0.3 is 19.8 Å². The summed E-state index contributed by atoms with van der Waals surface area (Å²) in [6.45, 7) is 4.41. The van der Waals surface area contributed by atoms with E-state index in [4.69, 9.17) is 0 Å². The molecule has 0 aliphatic carbocycles. The molecule has 2 aromatic rings. The monoisotopic (exact) mass is 530 g/mol. The summed E-state index contributed by atoms with van der Waals surface area (Å²) >= 11 is 0. The van der Waals surface area contributed by atoms with Gasteiger partial charge in [0.15, 0.2) is 0 Å². The second-order valence-corrected chi connectivity index (χ2v) is 8.92. The van der Waals surface area contributed by atoms with Gasteiger partial charge in [-0.15, -0.1) is 0 Å². The molecular formula is C30H42O4Zn. The fraction of sp³-hybridized carbons (Fsp3) is 0.533. The number of carboxylic acid groups (broad SMARTS) is 2. The van der Waals surface area contributed by atoms with E-state index in [0.29, 0.717) is 11.1 Å². The number of aromatic carboxylic acids is 2. The number of carboxylic acids is 2. The summed E-state index contributed by atoms with van der Waals surface area (Å²) in [4.78, 5) is 21.8. The summed E-state index contributed by atoms with van der Waals surface area (Å²) in [5.41, 5.74) is 2.51. The number of hydrogen-bond donors (Lipinski definition) is 0. The molecule has 0 aliphatic heterocycles. The Balaban J connectivity index is 0.000000642. The maximum Gasteiger partial charge on any atom is 2.00 e. The molecule has 4 nitrogen and oxygen atoms in total. The van der Waals surface area contributed by atoms with Gasteiger partial charge in [-0.05, 0) is 36.8 Å². The minimum Gasteiger partial charge on any atom is -0.545 e. The molecule has 0 aromatic heterocycles. The number of rotatable bonds is 16. The van der Waals surface area contributed by atoms with E-state index in [2.05, 4.69) is 13.8 Å². The fourth-order valence-corrected chi connectivity index (χ4v) is 4.07. The minimum absolute atomic E-state index is 0. The zero-order valence-corrected chi connectivity index (χ0v) is 24.8. The van der Waals surface area contributed by atoms with E-state index in [0.717, 1.165) is 36.8 Å². The number of aryl methyl sites for hydroxylation is 2. The number of carbonyl (C=O) groups is 2. The van der Waals surface area contributed by atoms with Crippen LogP contribution >= 0.6 is 0 Å². The third-order valence-electron chi connectivity index (χ3n) is 6.07. The standard InChI is InChI=1S/2C15H22O2.Zn/c2*1-2-3-4-5-6-7-10-13-11-8-9-12-14(13)15(16)17;/h2*8-9,11-12H,2-7,10H2,1H3,(H,16,17);/q;;+2/p-2. The van der Waals surface area contributed by atoms with Gasteiger partial charge in [-0.25, -0.2) is 0 Å². The molecular weight excluding hydrogens is 490 g/mol.